The summed E-state index contributed by atoms with van der Waals surface area (Å²) in [7, 11) is 1.88. The van der Waals surface area contributed by atoms with Gasteiger partial charge in [-0.1, -0.05) is 13.3 Å². The number of likely N-dealkylation sites (tertiary alicyclic amines) is 1. The van der Waals surface area contributed by atoms with Gasteiger partial charge in [0.25, 0.3) is 5.56 Å². The Hall–Kier alpha value is -1.97. The molecule has 0 saturated carbocycles. The van der Waals surface area contributed by atoms with Crippen molar-refractivity contribution in [1.82, 2.24) is 28.9 Å². The number of fused-ring (bicyclic) bond motifs is 1. The van der Waals surface area contributed by atoms with Crippen LogP contribution in [-0.2, 0) is 24.9 Å². The molecule has 2 aromatic heterocycles. The zero-order valence-electron chi connectivity index (χ0n) is 19.3. The van der Waals surface area contributed by atoms with Crippen LogP contribution in [0, 0.1) is 0 Å². The summed E-state index contributed by atoms with van der Waals surface area (Å²) in [5.74, 6) is 0.840. The van der Waals surface area contributed by atoms with E-state index in [1.807, 2.05) is 11.6 Å². The molecule has 4 rings (SSSR count). The van der Waals surface area contributed by atoms with E-state index in [4.69, 9.17) is 9.72 Å². The zero-order valence-corrected chi connectivity index (χ0v) is 19.3. The normalized spacial score (nSPS) is 25.6. The van der Waals surface area contributed by atoms with E-state index in [-0.39, 0.29) is 23.5 Å². The molecule has 2 aromatic rings. The van der Waals surface area contributed by atoms with Gasteiger partial charge in [0.15, 0.2) is 11.2 Å². The second kappa shape index (κ2) is 9.26. The number of aryl methyl sites for hydroxylation is 2. The first-order chi connectivity index (χ1) is 14.9. The van der Waals surface area contributed by atoms with E-state index in [0.717, 1.165) is 44.8 Å². The van der Waals surface area contributed by atoms with Gasteiger partial charge in [0.2, 0.25) is 0 Å². The van der Waals surface area contributed by atoms with Crippen LogP contribution in [0.3, 0.4) is 0 Å². The maximum Gasteiger partial charge on any atom is 0.330 e. The molecule has 2 saturated heterocycles. The number of rotatable bonds is 7. The summed E-state index contributed by atoms with van der Waals surface area (Å²) in [6.45, 7) is 11.6. The summed E-state index contributed by atoms with van der Waals surface area (Å²) in [5, 5.41) is 0. The zero-order chi connectivity index (χ0) is 22.1. The molecule has 0 aromatic carbocycles. The number of H-pyrrole nitrogens is 1. The highest BCUT2D eigenvalue weighted by molar-refractivity contribution is 5.70. The minimum atomic E-state index is -0.370. The third-order valence-electron chi connectivity index (χ3n) is 6.65. The molecule has 3 atom stereocenters. The first-order valence-electron chi connectivity index (χ1n) is 11.7. The monoisotopic (exact) mass is 432 g/mol. The largest absolute Gasteiger partial charge is 0.373 e. The number of hydrogen-bond donors (Lipinski definition) is 1. The molecule has 31 heavy (non-hydrogen) atoms. The summed E-state index contributed by atoms with van der Waals surface area (Å²) in [5.41, 5.74) is 0.261. The number of aromatic nitrogens is 4. The third kappa shape index (κ3) is 4.63. The van der Waals surface area contributed by atoms with E-state index in [1.54, 1.807) is 4.57 Å². The fourth-order valence-corrected chi connectivity index (χ4v) is 5.18. The molecule has 1 N–H and O–H groups in total. The van der Waals surface area contributed by atoms with Crippen molar-refractivity contribution >= 4 is 11.2 Å². The second-order valence-electron chi connectivity index (χ2n) is 9.27. The summed E-state index contributed by atoms with van der Waals surface area (Å²) in [6.07, 6.45) is 4.73. The standard InChI is InChI=1S/C22H36N6O3/c1-5-6-10-28-20-19(21(29)24-22(28)30)25(4)18(23-20)14-27-9-7-8-17(27)13-26-11-15(2)31-16(3)12-26/h15-17H,5-14H2,1-4H3,(H,24,29,30). The number of imidazole rings is 1. The van der Waals surface area contributed by atoms with Gasteiger partial charge in [-0.3, -0.25) is 24.1 Å². The van der Waals surface area contributed by atoms with Crippen molar-refractivity contribution in [3.63, 3.8) is 0 Å². The number of morpholine rings is 1. The number of ether oxygens (including phenoxy) is 1. The number of nitrogens with zero attached hydrogens (tertiary/aromatic N) is 5. The van der Waals surface area contributed by atoms with Crippen LogP contribution in [0.15, 0.2) is 9.59 Å². The Labute approximate surface area is 183 Å². The molecule has 9 nitrogen and oxygen atoms in total. The van der Waals surface area contributed by atoms with E-state index < -0.39 is 0 Å². The minimum Gasteiger partial charge on any atom is -0.373 e. The van der Waals surface area contributed by atoms with E-state index in [9.17, 15) is 9.59 Å². The molecule has 2 aliphatic rings. The molecule has 3 unspecified atom stereocenters. The maximum absolute atomic E-state index is 12.5. The molecule has 2 aliphatic heterocycles. The highest BCUT2D eigenvalue weighted by Crippen LogP contribution is 2.23. The van der Waals surface area contributed by atoms with Crippen LogP contribution in [0.2, 0.25) is 0 Å². The van der Waals surface area contributed by atoms with E-state index in [2.05, 4.69) is 35.6 Å². The fourth-order valence-electron chi connectivity index (χ4n) is 5.18. The second-order valence-corrected chi connectivity index (χ2v) is 9.27. The van der Waals surface area contributed by atoms with Crippen LogP contribution < -0.4 is 11.2 Å². The Bertz CT molecular complexity index is 1010. The SMILES string of the molecule is CCCCn1c(=O)[nH]c(=O)c2c1nc(CN1CCCC1CN1CC(C)OC(C)C1)n2C. The third-order valence-corrected chi connectivity index (χ3v) is 6.65. The van der Waals surface area contributed by atoms with Crippen LogP contribution in [-0.4, -0.2) is 73.3 Å². The molecule has 0 bridgehead atoms. The lowest BCUT2D eigenvalue weighted by molar-refractivity contribution is -0.0725. The van der Waals surface area contributed by atoms with Gasteiger partial charge in [0.05, 0.1) is 18.8 Å². The van der Waals surface area contributed by atoms with Crippen molar-refractivity contribution in [3.05, 3.63) is 26.7 Å². The minimum absolute atomic E-state index is 0.269. The van der Waals surface area contributed by atoms with Crippen molar-refractivity contribution in [2.45, 2.75) is 77.8 Å². The first kappa shape index (κ1) is 22.2. The Morgan fingerprint density at radius 2 is 1.94 bits per heavy atom. The van der Waals surface area contributed by atoms with Gasteiger partial charge >= 0.3 is 5.69 Å². The molecule has 0 spiro atoms. The van der Waals surface area contributed by atoms with Gasteiger partial charge in [-0.25, -0.2) is 9.78 Å². The molecule has 9 heteroatoms. The van der Waals surface area contributed by atoms with E-state index in [0.29, 0.717) is 30.3 Å². The predicted octanol–water partition coefficient (Wildman–Crippen LogP) is 1.30. The number of unbranched alkanes of at least 4 members (excludes halogenated alkanes) is 1. The summed E-state index contributed by atoms with van der Waals surface area (Å²) >= 11 is 0. The van der Waals surface area contributed by atoms with Crippen LogP contribution in [0.1, 0.15) is 52.3 Å². The van der Waals surface area contributed by atoms with Gasteiger partial charge in [-0.05, 0) is 39.7 Å². The Morgan fingerprint density at radius 1 is 1.19 bits per heavy atom. The fraction of sp³-hybridized carbons (Fsp3) is 0.773. The maximum atomic E-state index is 12.5. The first-order valence-corrected chi connectivity index (χ1v) is 11.7. The van der Waals surface area contributed by atoms with Crippen LogP contribution in [0.25, 0.3) is 11.2 Å². The number of aromatic amines is 1. The smallest absolute Gasteiger partial charge is 0.330 e. The van der Waals surface area contributed by atoms with Crippen molar-refractivity contribution in [2.24, 2.45) is 7.05 Å². The molecule has 0 radical (unpaired) electrons. The Morgan fingerprint density at radius 3 is 2.65 bits per heavy atom. The predicted molar refractivity (Wildman–Crippen MR) is 120 cm³/mol. The lowest BCUT2D eigenvalue weighted by Gasteiger charge is -2.38. The average molecular weight is 433 g/mol. The lowest BCUT2D eigenvalue weighted by Crippen LogP contribution is -2.50. The van der Waals surface area contributed by atoms with Crippen molar-refractivity contribution < 1.29 is 4.74 Å². The Kier molecular flexibility index (Phi) is 6.64. The topological polar surface area (TPSA) is 88.4 Å². The summed E-state index contributed by atoms with van der Waals surface area (Å²) in [4.78, 5) is 37.2. The summed E-state index contributed by atoms with van der Waals surface area (Å²) < 4.78 is 9.36. The van der Waals surface area contributed by atoms with E-state index in [1.165, 1.54) is 12.8 Å². The molecule has 0 aliphatic carbocycles. The van der Waals surface area contributed by atoms with Crippen molar-refractivity contribution in [1.29, 1.82) is 0 Å². The van der Waals surface area contributed by atoms with Gasteiger partial charge in [0.1, 0.15) is 5.82 Å². The molecular formula is C22H36N6O3. The highest BCUT2D eigenvalue weighted by atomic mass is 16.5. The molecule has 0 amide bonds. The molecule has 2 fully saturated rings. The van der Waals surface area contributed by atoms with E-state index >= 15 is 0 Å². The van der Waals surface area contributed by atoms with Crippen LogP contribution >= 0.6 is 0 Å². The van der Waals surface area contributed by atoms with Crippen LogP contribution in [0.4, 0.5) is 0 Å². The highest BCUT2D eigenvalue weighted by Gasteiger charge is 2.31. The Balaban J connectivity index is 1.56. The van der Waals surface area contributed by atoms with Gasteiger partial charge < -0.3 is 9.30 Å². The molecular weight excluding hydrogens is 396 g/mol. The van der Waals surface area contributed by atoms with Gasteiger partial charge in [-0.2, -0.15) is 0 Å². The number of nitrogens with one attached hydrogen (secondary N) is 1. The number of hydrogen-bond acceptors (Lipinski definition) is 6. The quantitative estimate of drug-likeness (QED) is 0.710. The average Bonchev–Trinajstić information content (AvgIpc) is 3.26. The van der Waals surface area contributed by atoms with Gasteiger partial charge in [-0.15, -0.1) is 0 Å². The van der Waals surface area contributed by atoms with Gasteiger partial charge in [0, 0.05) is 39.3 Å². The van der Waals surface area contributed by atoms with Crippen molar-refractivity contribution in [3.8, 4) is 0 Å². The van der Waals surface area contributed by atoms with Crippen LogP contribution in [0.5, 0.6) is 0 Å². The molecule has 172 valence electrons. The molecule has 4 heterocycles. The van der Waals surface area contributed by atoms with Crippen molar-refractivity contribution in [2.75, 3.05) is 26.2 Å². The summed E-state index contributed by atoms with van der Waals surface area (Å²) in [6, 6.07) is 0.470. The lowest BCUT2D eigenvalue weighted by atomic mass is 10.1.